The van der Waals surface area contributed by atoms with Gasteiger partial charge in [-0.15, -0.1) is 0 Å². The van der Waals surface area contributed by atoms with Crippen molar-refractivity contribution in [1.82, 2.24) is 19.9 Å². The smallest absolute Gasteiger partial charge is 0.143 e. The number of hydrogen-bond donors (Lipinski definition) is 2. The lowest BCUT2D eigenvalue weighted by atomic mass is 10.1. The number of nitrogens with zero attached hydrogens (tertiary/aromatic N) is 3. The van der Waals surface area contributed by atoms with E-state index in [0.717, 1.165) is 22.2 Å². The quantitative estimate of drug-likeness (QED) is 0.640. The van der Waals surface area contributed by atoms with E-state index in [2.05, 4.69) is 19.9 Å². The number of rotatable bonds is 1. The Kier molecular flexibility index (Phi) is 1.83. The molecule has 0 fully saturated rings. The predicted octanol–water partition coefficient (Wildman–Crippen LogP) is 1.60. The fourth-order valence-electron chi connectivity index (χ4n) is 1.74. The van der Waals surface area contributed by atoms with Gasteiger partial charge in [-0.2, -0.15) is 0 Å². The Morgan fingerprint density at radius 2 is 2.19 bits per heavy atom. The van der Waals surface area contributed by atoms with Crippen LogP contribution >= 0.6 is 0 Å². The van der Waals surface area contributed by atoms with Gasteiger partial charge in [0.1, 0.15) is 17.8 Å². The number of aromatic nitrogens is 4. The van der Waals surface area contributed by atoms with Gasteiger partial charge in [0.25, 0.3) is 0 Å². The molecule has 0 spiro atoms. The minimum absolute atomic E-state index is 0.477. The highest BCUT2D eigenvalue weighted by Gasteiger charge is 2.10. The zero-order valence-corrected chi connectivity index (χ0v) is 8.38. The lowest BCUT2D eigenvalue weighted by Gasteiger charge is -1.99. The predicted molar refractivity (Wildman–Crippen MR) is 61.5 cm³/mol. The van der Waals surface area contributed by atoms with E-state index in [1.54, 1.807) is 12.4 Å². The first-order valence-electron chi connectivity index (χ1n) is 4.84. The highest BCUT2D eigenvalue weighted by molar-refractivity contribution is 5.99. The zero-order valence-electron chi connectivity index (χ0n) is 8.38. The van der Waals surface area contributed by atoms with Crippen LogP contribution in [0, 0.1) is 0 Å². The standard InChI is InChI=1S/C11H9N5/c12-10-9-8(7-2-1-3-13-4-7)5-14-11(9)16-6-15-10/h1-6H,(H3,12,14,15,16). The maximum atomic E-state index is 5.85. The highest BCUT2D eigenvalue weighted by Crippen LogP contribution is 2.29. The fraction of sp³-hybridized carbons (Fsp3) is 0. The van der Waals surface area contributed by atoms with Gasteiger partial charge in [-0.25, -0.2) is 9.97 Å². The number of anilines is 1. The summed E-state index contributed by atoms with van der Waals surface area (Å²) in [6.45, 7) is 0. The molecule has 3 N–H and O–H groups in total. The summed E-state index contributed by atoms with van der Waals surface area (Å²) in [6, 6.07) is 3.86. The SMILES string of the molecule is Nc1ncnc2[nH]cc(-c3cccnc3)c12. The molecule has 3 aromatic heterocycles. The van der Waals surface area contributed by atoms with E-state index in [-0.39, 0.29) is 0 Å². The third-order valence-electron chi connectivity index (χ3n) is 2.47. The Morgan fingerprint density at radius 1 is 1.25 bits per heavy atom. The van der Waals surface area contributed by atoms with Crippen LogP contribution in [-0.4, -0.2) is 19.9 Å². The number of nitrogens with two attached hydrogens (primary N) is 1. The molecule has 3 aromatic rings. The Morgan fingerprint density at radius 3 is 3.00 bits per heavy atom. The number of nitrogen functional groups attached to an aromatic ring is 1. The molecule has 0 unspecified atom stereocenters. The zero-order chi connectivity index (χ0) is 11.0. The Balaban J connectivity index is 2.33. The van der Waals surface area contributed by atoms with E-state index in [4.69, 9.17) is 5.73 Å². The van der Waals surface area contributed by atoms with Crippen LogP contribution in [-0.2, 0) is 0 Å². The van der Waals surface area contributed by atoms with Crippen molar-refractivity contribution in [2.24, 2.45) is 0 Å². The summed E-state index contributed by atoms with van der Waals surface area (Å²) in [7, 11) is 0. The van der Waals surface area contributed by atoms with Crippen LogP contribution in [0.5, 0.6) is 0 Å². The van der Waals surface area contributed by atoms with Crippen LogP contribution in [0.4, 0.5) is 5.82 Å². The van der Waals surface area contributed by atoms with Crippen LogP contribution in [0.3, 0.4) is 0 Å². The molecule has 0 atom stereocenters. The molecular weight excluding hydrogens is 202 g/mol. The molecule has 0 saturated carbocycles. The maximum absolute atomic E-state index is 5.85. The lowest BCUT2D eigenvalue weighted by molar-refractivity contribution is 1.21. The van der Waals surface area contributed by atoms with Gasteiger partial charge >= 0.3 is 0 Å². The summed E-state index contributed by atoms with van der Waals surface area (Å²) < 4.78 is 0. The normalized spacial score (nSPS) is 10.8. The first-order chi connectivity index (χ1) is 7.86. The van der Waals surface area contributed by atoms with E-state index >= 15 is 0 Å². The second kappa shape index (κ2) is 3.30. The first-order valence-corrected chi connectivity index (χ1v) is 4.84. The van der Waals surface area contributed by atoms with Crippen LogP contribution in [0.1, 0.15) is 0 Å². The molecule has 0 saturated heterocycles. The van der Waals surface area contributed by atoms with Gasteiger partial charge in [0.2, 0.25) is 0 Å². The average Bonchev–Trinajstić information content (AvgIpc) is 2.75. The second-order valence-electron chi connectivity index (χ2n) is 3.43. The number of fused-ring (bicyclic) bond motifs is 1. The van der Waals surface area contributed by atoms with Crippen LogP contribution in [0.2, 0.25) is 0 Å². The van der Waals surface area contributed by atoms with Gasteiger partial charge in [-0.05, 0) is 6.07 Å². The van der Waals surface area contributed by atoms with Crippen LogP contribution < -0.4 is 5.73 Å². The molecule has 16 heavy (non-hydrogen) atoms. The Labute approximate surface area is 91.4 Å². The molecule has 0 bridgehead atoms. The van der Waals surface area contributed by atoms with Crippen molar-refractivity contribution >= 4 is 16.9 Å². The molecule has 0 aliphatic carbocycles. The Bertz CT molecular complexity index is 629. The summed E-state index contributed by atoms with van der Waals surface area (Å²) >= 11 is 0. The number of pyridine rings is 1. The van der Waals surface area contributed by atoms with E-state index in [0.29, 0.717) is 5.82 Å². The largest absolute Gasteiger partial charge is 0.383 e. The molecule has 0 amide bonds. The molecule has 3 heterocycles. The summed E-state index contributed by atoms with van der Waals surface area (Å²) in [5, 5.41) is 0.843. The summed E-state index contributed by atoms with van der Waals surface area (Å²) in [6.07, 6.45) is 6.83. The van der Waals surface area contributed by atoms with Crippen molar-refractivity contribution in [2.75, 3.05) is 5.73 Å². The monoisotopic (exact) mass is 211 g/mol. The molecule has 78 valence electrons. The van der Waals surface area contributed by atoms with Crippen molar-refractivity contribution in [3.63, 3.8) is 0 Å². The van der Waals surface area contributed by atoms with Gasteiger partial charge in [0.15, 0.2) is 0 Å². The third kappa shape index (κ3) is 1.22. The molecule has 0 radical (unpaired) electrons. The van der Waals surface area contributed by atoms with Crippen LogP contribution in [0.15, 0.2) is 37.1 Å². The fourth-order valence-corrected chi connectivity index (χ4v) is 1.74. The van der Waals surface area contributed by atoms with Crippen molar-refractivity contribution < 1.29 is 0 Å². The molecule has 0 aromatic carbocycles. The van der Waals surface area contributed by atoms with Crippen LogP contribution in [0.25, 0.3) is 22.2 Å². The van der Waals surface area contributed by atoms with Crippen molar-refractivity contribution in [3.8, 4) is 11.1 Å². The molecule has 5 heteroatoms. The van der Waals surface area contributed by atoms with E-state index in [9.17, 15) is 0 Å². The minimum atomic E-state index is 0.477. The van der Waals surface area contributed by atoms with Crippen molar-refractivity contribution in [3.05, 3.63) is 37.1 Å². The topological polar surface area (TPSA) is 80.5 Å². The number of H-pyrrole nitrogens is 1. The van der Waals surface area contributed by atoms with Gasteiger partial charge < -0.3 is 10.7 Å². The van der Waals surface area contributed by atoms with Gasteiger partial charge in [-0.1, -0.05) is 6.07 Å². The lowest BCUT2D eigenvalue weighted by Crippen LogP contribution is -1.92. The van der Waals surface area contributed by atoms with Gasteiger partial charge in [0, 0.05) is 29.7 Å². The molecule has 0 aliphatic rings. The summed E-state index contributed by atoms with van der Waals surface area (Å²) in [4.78, 5) is 15.3. The number of nitrogens with one attached hydrogen (secondary N) is 1. The molecule has 3 rings (SSSR count). The van der Waals surface area contributed by atoms with E-state index in [1.807, 2.05) is 18.3 Å². The van der Waals surface area contributed by atoms with Crippen molar-refractivity contribution in [2.45, 2.75) is 0 Å². The average molecular weight is 211 g/mol. The summed E-state index contributed by atoms with van der Waals surface area (Å²) in [5.41, 5.74) is 8.56. The molecule has 5 nitrogen and oxygen atoms in total. The minimum Gasteiger partial charge on any atom is -0.383 e. The second-order valence-corrected chi connectivity index (χ2v) is 3.43. The van der Waals surface area contributed by atoms with Gasteiger partial charge in [0.05, 0.1) is 5.39 Å². The van der Waals surface area contributed by atoms with E-state index < -0.39 is 0 Å². The Hall–Kier alpha value is -2.43. The van der Waals surface area contributed by atoms with E-state index in [1.165, 1.54) is 6.33 Å². The first kappa shape index (κ1) is 8.84. The number of aromatic amines is 1. The maximum Gasteiger partial charge on any atom is 0.143 e. The third-order valence-corrected chi connectivity index (χ3v) is 2.47. The van der Waals surface area contributed by atoms with Crippen molar-refractivity contribution in [1.29, 1.82) is 0 Å². The van der Waals surface area contributed by atoms with Gasteiger partial charge in [-0.3, -0.25) is 4.98 Å². The number of hydrogen-bond acceptors (Lipinski definition) is 4. The summed E-state index contributed by atoms with van der Waals surface area (Å²) in [5.74, 6) is 0.477. The highest BCUT2D eigenvalue weighted by atomic mass is 15.0. The molecule has 0 aliphatic heterocycles. The molecular formula is C11H9N5.